The first kappa shape index (κ1) is 15.7. The minimum absolute atomic E-state index is 0.0123. The van der Waals surface area contributed by atoms with E-state index in [1.165, 1.54) is 12.1 Å². The number of amides is 1. The third-order valence-corrected chi connectivity index (χ3v) is 15.5. The van der Waals surface area contributed by atoms with Gasteiger partial charge in [0.15, 0.2) is 5.79 Å². The fourth-order valence-electron chi connectivity index (χ4n) is 4.29. The molecule has 0 aliphatic carbocycles. The monoisotopic (exact) mass is 328 g/mol. The van der Waals surface area contributed by atoms with E-state index in [0.29, 0.717) is 6.61 Å². The van der Waals surface area contributed by atoms with Crippen LogP contribution in [0.25, 0.3) is 0 Å². The summed E-state index contributed by atoms with van der Waals surface area (Å²) >= 11 is 0. The second-order valence-corrected chi connectivity index (χ2v) is 18.0. The number of hydrogen-bond acceptors (Lipinski definition) is 4. The fraction of sp³-hybridized carbons (Fsp3) is 0.929. The molecule has 1 N–H and O–H groups in total. The van der Waals surface area contributed by atoms with Gasteiger partial charge in [0.1, 0.15) is 28.6 Å². The fourth-order valence-corrected chi connectivity index (χ4v) is 19.0. The van der Waals surface area contributed by atoms with Crippen LogP contribution in [0.4, 0.5) is 0 Å². The molecule has 3 atom stereocenters. The molecule has 0 aromatic carbocycles. The molecule has 3 aliphatic rings. The van der Waals surface area contributed by atoms with Crippen LogP contribution in [0.2, 0.25) is 38.3 Å². The zero-order valence-electron chi connectivity index (χ0n) is 14.0. The Hall–Kier alpha value is -0.216. The quantitative estimate of drug-likeness (QED) is 0.619. The molecule has 1 amide bonds. The lowest BCUT2D eigenvalue weighted by Gasteiger charge is -2.53. The zero-order chi connectivity index (χ0) is 15.6. The summed E-state index contributed by atoms with van der Waals surface area (Å²) in [5.41, 5.74) is 0. The first-order chi connectivity index (χ1) is 9.54. The summed E-state index contributed by atoms with van der Waals surface area (Å²) in [5.74, 6) is -0.336. The molecule has 120 valence electrons. The van der Waals surface area contributed by atoms with Crippen molar-refractivity contribution in [3.05, 3.63) is 0 Å². The molecular formula is C14H28N2O3Si2. The highest BCUT2D eigenvalue weighted by Crippen LogP contribution is 2.42. The van der Waals surface area contributed by atoms with E-state index < -0.39 is 22.3 Å². The third-order valence-electron chi connectivity index (χ3n) is 5.28. The Morgan fingerprint density at radius 1 is 1.19 bits per heavy atom. The van der Waals surface area contributed by atoms with Crippen LogP contribution in [-0.2, 0) is 14.3 Å². The standard InChI is InChI=1S/C14H28N2O3Si2/c1-14(2)18-9-10(19-14)11-12(13(17)15-11)16-20(3,4)7-8-21(16,5)6/h10-12H,7-9H2,1-6H3,(H,15,17)/t10?,11-,12+/m1/s1. The van der Waals surface area contributed by atoms with Gasteiger partial charge in [0.2, 0.25) is 5.91 Å². The molecule has 0 aromatic heterocycles. The lowest BCUT2D eigenvalue weighted by Crippen LogP contribution is -2.78. The van der Waals surface area contributed by atoms with Gasteiger partial charge in [0.25, 0.3) is 0 Å². The van der Waals surface area contributed by atoms with Crippen LogP contribution >= 0.6 is 0 Å². The largest absolute Gasteiger partial charge is 0.348 e. The summed E-state index contributed by atoms with van der Waals surface area (Å²) in [7, 11) is -2.94. The molecule has 5 nitrogen and oxygen atoms in total. The Bertz CT molecular complexity index is 451. The second kappa shape index (κ2) is 4.64. The van der Waals surface area contributed by atoms with Gasteiger partial charge in [-0.15, -0.1) is 0 Å². The molecule has 7 heteroatoms. The van der Waals surface area contributed by atoms with Gasteiger partial charge in [-0.25, -0.2) is 0 Å². The van der Waals surface area contributed by atoms with Crippen molar-refractivity contribution >= 4 is 22.4 Å². The Labute approximate surface area is 129 Å². The van der Waals surface area contributed by atoms with Crippen LogP contribution in [0.3, 0.4) is 0 Å². The third kappa shape index (κ3) is 2.52. The van der Waals surface area contributed by atoms with Gasteiger partial charge in [0, 0.05) is 0 Å². The van der Waals surface area contributed by atoms with E-state index >= 15 is 0 Å². The molecule has 0 aromatic rings. The summed E-state index contributed by atoms with van der Waals surface area (Å²) in [4.78, 5) is 12.3. The summed E-state index contributed by atoms with van der Waals surface area (Å²) in [5, 5.41) is 3.08. The van der Waals surface area contributed by atoms with Crippen LogP contribution in [-0.4, -0.2) is 57.2 Å². The number of rotatable bonds is 2. The van der Waals surface area contributed by atoms with Crippen molar-refractivity contribution in [1.82, 2.24) is 9.55 Å². The summed E-state index contributed by atoms with van der Waals surface area (Å²) in [6.45, 7) is 14.1. The Morgan fingerprint density at radius 3 is 2.19 bits per heavy atom. The zero-order valence-corrected chi connectivity index (χ0v) is 16.0. The van der Waals surface area contributed by atoms with E-state index in [1.54, 1.807) is 0 Å². The van der Waals surface area contributed by atoms with Crippen molar-refractivity contribution in [3.8, 4) is 0 Å². The second-order valence-electron chi connectivity index (χ2n) is 8.34. The van der Waals surface area contributed by atoms with Gasteiger partial charge < -0.3 is 19.0 Å². The predicted molar refractivity (Wildman–Crippen MR) is 87.0 cm³/mol. The first-order valence-electron chi connectivity index (χ1n) is 7.95. The number of hydrogen-bond donors (Lipinski definition) is 1. The highest BCUT2D eigenvalue weighted by molar-refractivity contribution is 6.95. The van der Waals surface area contributed by atoms with Crippen molar-refractivity contribution in [2.24, 2.45) is 0 Å². The number of nitrogens with one attached hydrogen (secondary N) is 1. The maximum absolute atomic E-state index is 12.3. The molecular weight excluding hydrogens is 300 g/mol. The molecule has 3 saturated heterocycles. The van der Waals surface area contributed by atoms with Crippen molar-refractivity contribution in [2.45, 2.75) is 76.1 Å². The topological polar surface area (TPSA) is 50.8 Å². The molecule has 3 rings (SSSR count). The Morgan fingerprint density at radius 2 is 1.76 bits per heavy atom. The molecule has 1 unspecified atom stereocenters. The van der Waals surface area contributed by atoms with Gasteiger partial charge in [0.05, 0.1) is 12.6 Å². The number of β-lactam (4-membered cyclic amide) rings is 1. The van der Waals surface area contributed by atoms with Gasteiger partial charge in [-0.3, -0.25) is 4.79 Å². The average Bonchev–Trinajstić information content (AvgIpc) is 2.78. The SMILES string of the molecule is CC1(C)OCC([C@H]2NC(=O)[C@H]2N2[Si](C)(C)CC[Si]2(C)C)O1. The van der Waals surface area contributed by atoms with Gasteiger partial charge in [-0.1, -0.05) is 26.2 Å². The number of ether oxygens (including phenoxy) is 2. The van der Waals surface area contributed by atoms with E-state index in [2.05, 4.69) is 35.7 Å². The smallest absolute Gasteiger partial charge is 0.238 e. The van der Waals surface area contributed by atoms with Gasteiger partial charge in [-0.05, 0) is 25.9 Å². The molecule has 3 fully saturated rings. The molecule has 0 radical (unpaired) electrons. The van der Waals surface area contributed by atoms with Crippen LogP contribution < -0.4 is 5.32 Å². The van der Waals surface area contributed by atoms with Gasteiger partial charge in [-0.2, -0.15) is 0 Å². The van der Waals surface area contributed by atoms with Crippen molar-refractivity contribution < 1.29 is 14.3 Å². The van der Waals surface area contributed by atoms with E-state index in [9.17, 15) is 4.79 Å². The lowest BCUT2D eigenvalue weighted by atomic mass is 9.95. The van der Waals surface area contributed by atoms with Gasteiger partial charge >= 0.3 is 0 Å². The maximum atomic E-state index is 12.3. The number of carbonyl (C=O) groups excluding carboxylic acids is 1. The van der Waals surface area contributed by atoms with E-state index in [-0.39, 0.29) is 24.1 Å². The molecule has 3 heterocycles. The molecule has 21 heavy (non-hydrogen) atoms. The van der Waals surface area contributed by atoms with Crippen LogP contribution in [0.1, 0.15) is 13.8 Å². The average molecular weight is 329 g/mol. The highest BCUT2D eigenvalue weighted by Gasteiger charge is 2.60. The summed E-state index contributed by atoms with van der Waals surface area (Å²) in [6.07, 6.45) is -0.0158. The number of carbonyl (C=O) groups is 1. The van der Waals surface area contributed by atoms with Crippen LogP contribution in [0.5, 0.6) is 0 Å². The minimum Gasteiger partial charge on any atom is -0.348 e. The van der Waals surface area contributed by atoms with E-state index in [0.717, 1.165) is 0 Å². The van der Waals surface area contributed by atoms with Crippen molar-refractivity contribution in [3.63, 3.8) is 0 Å². The lowest BCUT2D eigenvalue weighted by molar-refractivity contribution is -0.155. The summed E-state index contributed by atoms with van der Waals surface area (Å²) < 4.78 is 14.4. The minimum atomic E-state index is -1.47. The molecule has 0 bridgehead atoms. The maximum Gasteiger partial charge on any atom is 0.238 e. The van der Waals surface area contributed by atoms with Crippen molar-refractivity contribution in [2.75, 3.05) is 6.61 Å². The molecule has 3 aliphatic heterocycles. The Balaban J connectivity index is 1.82. The first-order valence-corrected chi connectivity index (χ1v) is 14.3. The van der Waals surface area contributed by atoms with E-state index in [1.807, 2.05) is 13.8 Å². The molecule has 0 spiro atoms. The normalized spacial score (nSPS) is 40.9. The van der Waals surface area contributed by atoms with Crippen LogP contribution in [0, 0.1) is 0 Å². The van der Waals surface area contributed by atoms with Crippen molar-refractivity contribution in [1.29, 1.82) is 0 Å². The van der Waals surface area contributed by atoms with E-state index in [4.69, 9.17) is 9.47 Å². The highest BCUT2D eigenvalue weighted by atomic mass is 28.4. The predicted octanol–water partition coefficient (Wildman–Crippen LogP) is 1.73. The van der Waals surface area contributed by atoms with Crippen LogP contribution in [0.15, 0.2) is 0 Å². The summed E-state index contributed by atoms with van der Waals surface area (Å²) in [6, 6.07) is 2.74. The molecule has 0 saturated carbocycles. The number of nitrogens with zero attached hydrogens (tertiary/aromatic N) is 1. The Kier molecular flexibility index (Phi) is 3.46.